The summed E-state index contributed by atoms with van der Waals surface area (Å²) in [7, 11) is 0. The van der Waals surface area contributed by atoms with Crippen molar-refractivity contribution in [1.29, 1.82) is 0 Å². The Morgan fingerprint density at radius 1 is 0.909 bits per heavy atom. The molecular formula is C27H25N3O3. The van der Waals surface area contributed by atoms with Crippen molar-refractivity contribution in [2.45, 2.75) is 19.4 Å². The third-order valence-electron chi connectivity index (χ3n) is 5.35. The molecule has 33 heavy (non-hydrogen) atoms. The smallest absolute Gasteiger partial charge is 0.407 e. The molecule has 0 radical (unpaired) electrons. The number of benzene rings is 4. The van der Waals surface area contributed by atoms with Gasteiger partial charge in [0.05, 0.1) is 25.3 Å². The van der Waals surface area contributed by atoms with Gasteiger partial charge in [-0.3, -0.25) is 4.79 Å². The highest BCUT2D eigenvalue weighted by Gasteiger charge is 2.18. The van der Waals surface area contributed by atoms with Gasteiger partial charge in [-0.25, -0.2) is 10.2 Å². The maximum Gasteiger partial charge on any atom is 0.407 e. The fourth-order valence-corrected chi connectivity index (χ4v) is 3.84. The van der Waals surface area contributed by atoms with E-state index < -0.39 is 12.1 Å². The first kappa shape index (κ1) is 22.0. The zero-order chi connectivity index (χ0) is 23.0. The molecule has 0 aliphatic carbocycles. The summed E-state index contributed by atoms with van der Waals surface area (Å²) < 4.78 is 4.98. The van der Waals surface area contributed by atoms with Gasteiger partial charge in [-0.2, -0.15) is 5.10 Å². The van der Waals surface area contributed by atoms with Crippen molar-refractivity contribution >= 4 is 39.8 Å². The Labute approximate surface area is 192 Å². The quantitative estimate of drug-likeness (QED) is 0.232. The highest BCUT2D eigenvalue weighted by Crippen LogP contribution is 2.27. The molecule has 0 aliphatic heterocycles. The topological polar surface area (TPSA) is 79.8 Å². The van der Waals surface area contributed by atoms with Gasteiger partial charge in [0.25, 0.3) is 0 Å². The van der Waals surface area contributed by atoms with Gasteiger partial charge in [0.1, 0.15) is 0 Å². The van der Waals surface area contributed by atoms with Crippen LogP contribution in [0.5, 0.6) is 0 Å². The SMILES string of the molecule is CCOC(=O)N[C@H](CC(=O)N/N=C\c1c2ccccc2cc2ccccc12)c1ccccc1. The van der Waals surface area contributed by atoms with Crippen LogP contribution in [0.4, 0.5) is 4.79 Å². The number of carbonyl (C=O) groups is 2. The van der Waals surface area contributed by atoms with Gasteiger partial charge in [0, 0.05) is 5.56 Å². The third kappa shape index (κ3) is 5.36. The van der Waals surface area contributed by atoms with Gasteiger partial charge in [0.15, 0.2) is 0 Å². The monoisotopic (exact) mass is 439 g/mol. The lowest BCUT2D eigenvalue weighted by molar-refractivity contribution is -0.121. The molecule has 0 saturated heterocycles. The predicted molar refractivity (Wildman–Crippen MR) is 131 cm³/mol. The van der Waals surface area contributed by atoms with Gasteiger partial charge in [-0.1, -0.05) is 78.9 Å². The summed E-state index contributed by atoms with van der Waals surface area (Å²) in [6.45, 7) is 1.98. The van der Waals surface area contributed by atoms with Crippen LogP contribution in [0.25, 0.3) is 21.5 Å². The zero-order valence-electron chi connectivity index (χ0n) is 18.3. The predicted octanol–water partition coefficient (Wildman–Crippen LogP) is 5.32. The van der Waals surface area contributed by atoms with E-state index in [1.807, 2.05) is 66.7 Å². The van der Waals surface area contributed by atoms with Crippen LogP contribution < -0.4 is 10.7 Å². The standard InChI is InChI=1S/C27H25N3O3/c1-2-33-27(32)29-25(19-10-4-3-5-11-19)17-26(31)30-28-18-24-22-14-8-6-12-20(22)16-21-13-7-9-15-23(21)24/h3-16,18,25H,2,17H2,1H3,(H,29,32)(H,30,31)/b28-18-/t25-/m1/s1. The maximum absolute atomic E-state index is 12.7. The number of hydrogen-bond donors (Lipinski definition) is 2. The molecule has 0 aliphatic rings. The lowest BCUT2D eigenvalue weighted by Crippen LogP contribution is -2.33. The number of fused-ring (bicyclic) bond motifs is 2. The molecule has 0 heterocycles. The number of rotatable bonds is 7. The summed E-state index contributed by atoms with van der Waals surface area (Å²) in [5.41, 5.74) is 4.35. The Morgan fingerprint density at radius 2 is 1.52 bits per heavy atom. The summed E-state index contributed by atoms with van der Waals surface area (Å²) in [5, 5.41) is 11.3. The summed E-state index contributed by atoms with van der Waals surface area (Å²) in [4.78, 5) is 24.6. The minimum atomic E-state index is -0.565. The lowest BCUT2D eigenvalue weighted by atomic mass is 9.97. The first-order valence-corrected chi connectivity index (χ1v) is 10.9. The number of nitrogens with zero attached hydrogens (tertiary/aromatic N) is 1. The van der Waals surface area contributed by atoms with Crippen molar-refractivity contribution in [2.24, 2.45) is 5.10 Å². The number of carbonyl (C=O) groups excluding carboxylic acids is 2. The van der Waals surface area contributed by atoms with E-state index in [4.69, 9.17) is 4.74 Å². The fourth-order valence-electron chi connectivity index (χ4n) is 3.84. The van der Waals surface area contributed by atoms with Crippen molar-refractivity contribution in [1.82, 2.24) is 10.7 Å². The Bertz CT molecular complexity index is 1250. The van der Waals surface area contributed by atoms with Crippen LogP contribution in [0.15, 0.2) is 90.0 Å². The van der Waals surface area contributed by atoms with Crippen molar-refractivity contribution in [3.8, 4) is 0 Å². The number of amides is 2. The highest BCUT2D eigenvalue weighted by atomic mass is 16.5. The number of hydrazone groups is 1. The van der Waals surface area contributed by atoms with Crippen LogP contribution in [-0.4, -0.2) is 24.8 Å². The Hall–Kier alpha value is -4.19. The number of alkyl carbamates (subject to hydrolysis) is 1. The van der Waals surface area contributed by atoms with Gasteiger partial charge >= 0.3 is 6.09 Å². The first-order valence-electron chi connectivity index (χ1n) is 10.9. The number of nitrogens with one attached hydrogen (secondary N) is 2. The molecule has 0 saturated carbocycles. The molecule has 6 heteroatoms. The van der Waals surface area contributed by atoms with Gasteiger partial charge in [-0.05, 0) is 40.1 Å². The van der Waals surface area contributed by atoms with Crippen molar-refractivity contribution < 1.29 is 14.3 Å². The van der Waals surface area contributed by atoms with Gasteiger partial charge in [-0.15, -0.1) is 0 Å². The average Bonchev–Trinajstić information content (AvgIpc) is 2.84. The van der Waals surface area contributed by atoms with Crippen LogP contribution in [0.1, 0.15) is 30.5 Å². The maximum atomic E-state index is 12.7. The Kier molecular flexibility index (Phi) is 6.95. The molecule has 166 valence electrons. The van der Waals surface area contributed by atoms with Gasteiger partial charge in [0.2, 0.25) is 5.91 Å². The molecule has 0 bridgehead atoms. The van der Waals surface area contributed by atoms with Crippen LogP contribution in [-0.2, 0) is 9.53 Å². The molecule has 1 atom stereocenters. The molecule has 4 rings (SSSR count). The summed E-state index contributed by atoms with van der Waals surface area (Å²) in [6, 6.07) is 27.1. The van der Waals surface area contributed by atoms with E-state index in [1.165, 1.54) is 0 Å². The highest BCUT2D eigenvalue weighted by molar-refractivity contribution is 6.13. The second-order valence-electron chi connectivity index (χ2n) is 7.56. The van der Waals surface area contributed by atoms with Crippen LogP contribution in [0.2, 0.25) is 0 Å². The zero-order valence-corrected chi connectivity index (χ0v) is 18.3. The van der Waals surface area contributed by atoms with Crippen molar-refractivity contribution in [3.63, 3.8) is 0 Å². The summed E-state index contributed by atoms with van der Waals surface area (Å²) >= 11 is 0. The molecule has 0 fully saturated rings. The molecule has 2 N–H and O–H groups in total. The number of ether oxygens (including phenoxy) is 1. The van der Waals surface area contributed by atoms with E-state index in [2.05, 4.69) is 34.0 Å². The third-order valence-corrected chi connectivity index (χ3v) is 5.35. The van der Waals surface area contributed by atoms with Crippen LogP contribution >= 0.6 is 0 Å². The second kappa shape index (κ2) is 10.4. The normalized spacial score (nSPS) is 12.0. The summed E-state index contributed by atoms with van der Waals surface area (Å²) in [5.74, 6) is -0.318. The van der Waals surface area contributed by atoms with E-state index in [1.54, 1.807) is 13.1 Å². The average molecular weight is 440 g/mol. The molecular weight excluding hydrogens is 414 g/mol. The van der Waals surface area contributed by atoms with Gasteiger partial charge < -0.3 is 10.1 Å². The first-order chi connectivity index (χ1) is 16.2. The minimum absolute atomic E-state index is 0.0243. The van der Waals surface area contributed by atoms with E-state index in [9.17, 15) is 9.59 Å². The van der Waals surface area contributed by atoms with E-state index >= 15 is 0 Å². The van der Waals surface area contributed by atoms with E-state index in [-0.39, 0.29) is 18.9 Å². The minimum Gasteiger partial charge on any atom is -0.450 e. The molecule has 0 aromatic heterocycles. The second-order valence-corrected chi connectivity index (χ2v) is 7.56. The Morgan fingerprint density at radius 3 is 2.15 bits per heavy atom. The molecule has 4 aromatic carbocycles. The van der Waals surface area contributed by atoms with Crippen LogP contribution in [0.3, 0.4) is 0 Å². The largest absolute Gasteiger partial charge is 0.450 e. The molecule has 6 nitrogen and oxygen atoms in total. The van der Waals surface area contributed by atoms with E-state index in [0.717, 1.165) is 32.7 Å². The number of hydrogen-bond acceptors (Lipinski definition) is 4. The van der Waals surface area contributed by atoms with Crippen molar-refractivity contribution in [3.05, 3.63) is 96.1 Å². The van der Waals surface area contributed by atoms with E-state index in [0.29, 0.717) is 0 Å². The molecule has 4 aromatic rings. The Balaban J connectivity index is 1.53. The molecule has 2 amide bonds. The van der Waals surface area contributed by atoms with Crippen LogP contribution in [0, 0.1) is 0 Å². The van der Waals surface area contributed by atoms with Crippen molar-refractivity contribution in [2.75, 3.05) is 6.61 Å². The lowest BCUT2D eigenvalue weighted by Gasteiger charge is -2.18. The molecule has 0 spiro atoms. The molecule has 0 unspecified atom stereocenters. The fraction of sp³-hybridized carbons (Fsp3) is 0.148. The summed E-state index contributed by atoms with van der Waals surface area (Å²) in [6.07, 6.45) is 1.14.